The van der Waals surface area contributed by atoms with E-state index < -0.39 is 0 Å². The monoisotopic (exact) mass is 189 g/mol. The number of nitrogens with two attached hydrogens (primary N) is 1. The molecule has 12 heavy (non-hydrogen) atoms. The van der Waals surface area contributed by atoms with Crippen LogP contribution in [0.3, 0.4) is 0 Å². The van der Waals surface area contributed by atoms with Crippen LogP contribution >= 0.6 is 12.2 Å². The molecule has 4 N–H and O–H groups in total. The smallest absolute Gasteiger partial charge is 0.178 e. The number of thiocarbonyl (C=S) groups is 1. The summed E-state index contributed by atoms with van der Waals surface area (Å²) in [5.41, 5.74) is 11.2. The van der Waals surface area contributed by atoms with Crippen LogP contribution in [-0.4, -0.2) is 11.2 Å². The molecule has 0 aromatic carbocycles. The Morgan fingerprint density at radius 2 is 2.00 bits per heavy atom. The highest BCUT2D eigenvalue weighted by atomic mass is 32.1. The van der Waals surface area contributed by atoms with Crippen molar-refractivity contribution < 1.29 is 0 Å². The van der Waals surface area contributed by atoms with Gasteiger partial charge in [-0.1, -0.05) is 27.2 Å². The summed E-state index contributed by atoms with van der Waals surface area (Å²) in [5, 5.41) is 0.303. The van der Waals surface area contributed by atoms with Crippen molar-refractivity contribution in [3.05, 3.63) is 0 Å². The second-order valence-corrected chi connectivity index (χ2v) is 3.47. The van der Waals surface area contributed by atoms with E-state index in [0.29, 0.717) is 17.1 Å². The fraction of sp³-hybridized carbons (Fsp3) is 0.875. The molecule has 72 valence electrons. The Hall–Kier alpha value is -0.350. The van der Waals surface area contributed by atoms with Crippen molar-refractivity contribution in [2.45, 2.75) is 39.7 Å². The molecule has 0 aliphatic heterocycles. The number of rotatable bonds is 5. The Morgan fingerprint density at radius 1 is 1.42 bits per heavy atom. The van der Waals surface area contributed by atoms with Gasteiger partial charge in [-0.25, -0.2) is 5.43 Å². The SMILES string of the molecule is CCC(C)C(CC)NNC(N)=S. The summed E-state index contributed by atoms with van der Waals surface area (Å²) < 4.78 is 0. The van der Waals surface area contributed by atoms with Crippen molar-refractivity contribution in [2.75, 3.05) is 0 Å². The fourth-order valence-electron chi connectivity index (χ4n) is 1.10. The minimum absolute atomic E-state index is 0.303. The van der Waals surface area contributed by atoms with Gasteiger partial charge in [0.15, 0.2) is 5.11 Å². The Labute approximate surface area is 80.1 Å². The van der Waals surface area contributed by atoms with E-state index in [1.54, 1.807) is 0 Å². The average Bonchev–Trinajstić information content (AvgIpc) is 2.04. The van der Waals surface area contributed by atoms with Crippen LogP contribution in [0.25, 0.3) is 0 Å². The maximum absolute atomic E-state index is 5.29. The van der Waals surface area contributed by atoms with Gasteiger partial charge in [0.1, 0.15) is 0 Å². The molecular formula is C8H19N3S. The van der Waals surface area contributed by atoms with E-state index >= 15 is 0 Å². The second-order valence-electron chi connectivity index (χ2n) is 3.03. The molecule has 2 atom stereocenters. The van der Waals surface area contributed by atoms with E-state index in [9.17, 15) is 0 Å². The molecule has 0 aromatic heterocycles. The Balaban J connectivity index is 3.74. The molecule has 0 radical (unpaired) electrons. The molecule has 0 spiro atoms. The van der Waals surface area contributed by atoms with Gasteiger partial charge in [0.25, 0.3) is 0 Å². The van der Waals surface area contributed by atoms with Crippen LogP contribution in [0.2, 0.25) is 0 Å². The minimum Gasteiger partial charge on any atom is -0.375 e. The largest absolute Gasteiger partial charge is 0.375 e. The van der Waals surface area contributed by atoms with Gasteiger partial charge < -0.3 is 5.73 Å². The van der Waals surface area contributed by atoms with Gasteiger partial charge in [0.05, 0.1) is 0 Å². The van der Waals surface area contributed by atoms with E-state index in [-0.39, 0.29) is 0 Å². The minimum atomic E-state index is 0.303. The lowest BCUT2D eigenvalue weighted by Gasteiger charge is -2.23. The van der Waals surface area contributed by atoms with E-state index in [1.165, 1.54) is 0 Å². The number of hydrogen-bond donors (Lipinski definition) is 3. The number of hydrazine groups is 1. The Kier molecular flexibility index (Phi) is 6.02. The van der Waals surface area contributed by atoms with Crippen LogP contribution in [0.4, 0.5) is 0 Å². The summed E-state index contributed by atoms with van der Waals surface area (Å²) in [6.07, 6.45) is 2.23. The second kappa shape index (κ2) is 6.20. The van der Waals surface area contributed by atoms with Crippen LogP contribution < -0.4 is 16.6 Å². The molecule has 0 saturated heterocycles. The third kappa shape index (κ3) is 4.51. The summed E-state index contributed by atoms with van der Waals surface area (Å²) >= 11 is 4.69. The summed E-state index contributed by atoms with van der Waals surface area (Å²) in [7, 11) is 0. The van der Waals surface area contributed by atoms with Crippen LogP contribution in [-0.2, 0) is 0 Å². The van der Waals surface area contributed by atoms with Crippen molar-refractivity contribution in [3.8, 4) is 0 Å². The molecule has 4 heteroatoms. The predicted octanol–water partition coefficient (Wildman–Crippen LogP) is 1.15. The Morgan fingerprint density at radius 3 is 2.33 bits per heavy atom. The molecule has 0 bridgehead atoms. The molecule has 0 saturated carbocycles. The van der Waals surface area contributed by atoms with Gasteiger partial charge in [0.2, 0.25) is 0 Å². The fourth-order valence-corrected chi connectivity index (χ4v) is 1.15. The molecule has 0 aliphatic carbocycles. The third-order valence-electron chi connectivity index (χ3n) is 2.15. The highest BCUT2D eigenvalue weighted by molar-refractivity contribution is 7.80. The average molecular weight is 189 g/mol. The Bertz CT molecular complexity index is 138. The quantitative estimate of drug-likeness (QED) is 0.448. The zero-order valence-electron chi connectivity index (χ0n) is 8.05. The van der Waals surface area contributed by atoms with Gasteiger partial charge in [-0.3, -0.25) is 5.43 Å². The zero-order chi connectivity index (χ0) is 9.56. The van der Waals surface area contributed by atoms with Crippen LogP contribution in [0.1, 0.15) is 33.6 Å². The van der Waals surface area contributed by atoms with Gasteiger partial charge in [-0.05, 0) is 24.6 Å². The lowest BCUT2D eigenvalue weighted by molar-refractivity contribution is 0.344. The highest BCUT2D eigenvalue weighted by Gasteiger charge is 2.12. The van der Waals surface area contributed by atoms with Crippen molar-refractivity contribution in [1.29, 1.82) is 0 Å². The van der Waals surface area contributed by atoms with Gasteiger partial charge in [0, 0.05) is 6.04 Å². The van der Waals surface area contributed by atoms with E-state index in [2.05, 4.69) is 43.8 Å². The third-order valence-corrected chi connectivity index (χ3v) is 2.25. The molecule has 3 nitrogen and oxygen atoms in total. The molecule has 0 amide bonds. The van der Waals surface area contributed by atoms with Crippen molar-refractivity contribution in [1.82, 2.24) is 10.9 Å². The van der Waals surface area contributed by atoms with Gasteiger partial charge in [-0.2, -0.15) is 0 Å². The summed E-state index contributed by atoms with van der Waals surface area (Å²) in [5.74, 6) is 0.636. The summed E-state index contributed by atoms with van der Waals surface area (Å²) in [6, 6.07) is 0.441. The number of hydrogen-bond acceptors (Lipinski definition) is 2. The summed E-state index contributed by atoms with van der Waals surface area (Å²) in [4.78, 5) is 0. The maximum atomic E-state index is 5.29. The standard InChI is InChI=1S/C8H19N3S/c1-4-6(3)7(5-2)10-11-8(9)12/h6-7,10H,4-5H2,1-3H3,(H3,9,11,12). The maximum Gasteiger partial charge on any atom is 0.178 e. The first kappa shape index (κ1) is 11.6. The van der Waals surface area contributed by atoms with Crippen LogP contribution in [0.5, 0.6) is 0 Å². The lowest BCUT2D eigenvalue weighted by atomic mass is 9.98. The molecule has 0 fully saturated rings. The molecule has 0 aliphatic rings. The van der Waals surface area contributed by atoms with Crippen LogP contribution in [0.15, 0.2) is 0 Å². The predicted molar refractivity (Wildman–Crippen MR) is 56.6 cm³/mol. The van der Waals surface area contributed by atoms with Crippen molar-refractivity contribution in [3.63, 3.8) is 0 Å². The van der Waals surface area contributed by atoms with Gasteiger partial charge in [-0.15, -0.1) is 0 Å². The molecule has 0 heterocycles. The summed E-state index contributed by atoms with van der Waals surface area (Å²) in [6.45, 7) is 6.53. The first-order valence-corrected chi connectivity index (χ1v) is 4.83. The first-order valence-electron chi connectivity index (χ1n) is 4.42. The normalized spacial score (nSPS) is 15.2. The molecule has 0 rings (SSSR count). The lowest BCUT2D eigenvalue weighted by Crippen LogP contribution is -2.48. The van der Waals surface area contributed by atoms with Crippen LogP contribution in [0, 0.1) is 5.92 Å². The number of nitrogens with one attached hydrogen (secondary N) is 2. The van der Waals surface area contributed by atoms with Crippen molar-refractivity contribution >= 4 is 17.3 Å². The van der Waals surface area contributed by atoms with E-state index in [1.807, 2.05) is 0 Å². The van der Waals surface area contributed by atoms with Crippen molar-refractivity contribution in [2.24, 2.45) is 11.7 Å². The first-order chi connectivity index (χ1) is 5.61. The van der Waals surface area contributed by atoms with E-state index in [4.69, 9.17) is 5.73 Å². The van der Waals surface area contributed by atoms with Gasteiger partial charge >= 0.3 is 0 Å². The molecular weight excluding hydrogens is 170 g/mol. The zero-order valence-corrected chi connectivity index (χ0v) is 8.87. The molecule has 0 aromatic rings. The highest BCUT2D eigenvalue weighted by Crippen LogP contribution is 2.09. The van der Waals surface area contributed by atoms with E-state index in [0.717, 1.165) is 12.8 Å². The topological polar surface area (TPSA) is 50.1 Å². The molecule has 2 unspecified atom stereocenters.